The molecule has 1 heterocycles. The average Bonchev–Trinajstić information content (AvgIpc) is 3.32. The zero-order valence-corrected chi connectivity index (χ0v) is 31.3. The van der Waals surface area contributed by atoms with Gasteiger partial charge in [-0.15, -0.1) is 0 Å². The Bertz CT molecular complexity index is 1050. The van der Waals surface area contributed by atoms with E-state index in [0.717, 1.165) is 31.6 Å². The fourth-order valence-electron chi connectivity index (χ4n) is 13.2. The highest BCUT2D eigenvalue weighted by Crippen LogP contribution is 2.77. The summed E-state index contributed by atoms with van der Waals surface area (Å²) in [5, 5.41) is 12.0. The first-order chi connectivity index (χ1) is 20.3. The number of hydrogen-bond acceptors (Lipinski definition) is 3. The summed E-state index contributed by atoms with van der Waals surface area (Å²) in [6.07, 6.45) is 14.6. The molecular formula is C41H72O3. The number of rotatable bonds is 7. The molecule has 7 unspecified atom stereocenters. The Hall–Kier alpha value is -0.380. The van der Waals surface area contributed by atoms with Gasteiger partial charge in [0.25, 0.3) is 0 Å². The molecule has 5 fully saturated rings. The van der Waals surface area contributed by atoms with Crippen molar-refractivity contribution >= 4 is 0 Å². The summed E-state index contributed by atoms with van der Waals surface area (Å²) in [6.45, 7) is 31.7. The van der Waals surface area contributed by atoms with Crippen LogP contribution in [0.15, 0.2) is 11.6 Å². The van der Waals surface area contributed by atoms with E-state index >= 15 is 0 Å². The third-order valence-corrected chi connectivity index (χ3v) is 16.3. The van der Waals surface area contributed by atoms with Crippen LogP contribution in [0, 0.1) is 69.0 Å². The third kappa shape index (κ3) is 5.32. The minimum absolute atomic E-state index is 0.0806. The summed E-state index contributed by atoms with van der Waals surface area (Å²) in [5.74, 6) is 4.70. The SMILES string of the molecule is CCC1O[C@@H](OC2CC[C@@]3(C)C(CC[C@]4(C)C3C[C@@H](C)C3C([C@@](C)(O)CCC=C(C)C)CC[C@]34C)C2(C)C)C(C)[C@@H](C)[C@@H]1C. The van der Waals surface area contributed by atoms with Gasteiger partial charge in [-0.1, -0.05) is 80.9 Å². The van der Waals surface area contributed by atoms with E-state index in [1.807, 2.05) is 0 Å². The Morgan fingerprint density at radius 2 is 1.55 bits per heavy atom. The molecule has 3 heteroatoms. The summed E-state index contributed by atoms with van der Waals surface area (Å²) in [5.41, 5.74) is 1.84. The van der Waals surface area contributed by atoms with Crippen molar-refractivity contribution in [2.45, 2.75) is 178 Å². The lowest BCUT2D eigenvalue weighted by Gasteiger charge is -2.71. The van der Waals surface area contributed by atoms with Crippen LogP contribution in [0.4, 0.5) is 0 Å². The van der Waals surface area contributed by atoms with Crippen LogP contribution in [0.2, 0.25) is 0 Å². The minimum atomic E-state index is -0.589. The van der Waals surface area contributed by atoms with E-state index in [2.05, 4.69) is 96.1 Å². The highest BCUT2D eigenvalue weighted by Gasteiger charge is 2.71. The lowest BCUT2D eigenvalue weighted by molar-refractivity contribution is -0.301. The minimum Gasteiger partial charge on any atom is -0.390 e. The molecule has 3 nitrogen and oxygen atoms in total. The van der Waals surface area contributed by atoms with E-state index in [0.29, 0.717) is 63.8 Å². The molecule has 0 spiro atoms. The molecule has 254 valence electrons. The summed E-state index contributed by atoms with van der Waals surface area (Å²) in [7, 11) is 0. The molecule has 5 rings (SSSR count). The largest absolute Gasteiger partial charge is 0.390 e. The van der Waals surface area contributed by atoms with Crippen molar-refractivity contribution in [1.29, 1.82) is 0 Å². The molecule has 0 aromatic heterocycles. The van der Waals surface area contributed by atoms with Crippen molar-refractivity contribution in [3.05, 3.63) is 11.6 Å². The maximum Gasteiger partial charge on any atom is 0.161 e. The van der Waals surface area contributed by atoms with Crippen LogP contribution in [0.1, 0.15) is 154 Å². The lowest BCUT2D eigenvalue weighted by Crippen LogP contribution is -2.66. The van der Waals surface area contributed by atoms with E-state index < -0.39 is 5.60 Å². The maximum atomic E-state index is 12.0. The van der Waals surface area contributed by atoms with Gasteiger partial charge in [0.1, 0.15) is 0 Å². The monoisotopic (exact) mass is 613 g/mol. The number of allylic oxidation sites excluding steroid dienone is 2. The molecule has 4 saturated carbocycles. The summed E-state index contributed by atoms with van der Waals surface area (Å²) < 4.78 is 13.8. The van der Waals surface area contributed by atoms with E-state index in [1.165, 1.54) is 44.1 Å². The number of fused-ring (bicyclic) bond motifs is 5. The van der Waals surface area contributed by atoms with Crippen LogP contribution >= 0.6 is 0 Å². The van der Waals surface area contributed by atoms with Crippen LogP contribution in [0.25, 0.3) is 0 Å². The lowest BCUT2D eigenvalue weighted by atomic mass is 9.34. The molecule has 0 aromatic carbocycles. The fraction of sp³-hybridized carbons (Fsp3) is 0.951. The Kier molecular flexibility index (Phi) is 9.48. The molecule has 1 N–H and O–H groups in total. The number of hydrogen-bond donors (Lipinski definition) is 1. The second-order valence-electron chi connectivity index (χ2n) is 19.1. The van der Waals surface area contributed by atoms with Crippen molar-refractivity contribution in [1.82, 2.24) is 0 Å². The van der Waals surface area contributed by atoms with E-state index in [9.17, 15) is 5.11 Å². The quantitative estimate of drug-likeness (QED) is 0.230. The normalized spacial score (nSPS) is 51.5. The van der Waals surface area contributed by atoms with Gasteiger partial charge in [0.05, 0.1) is 17.8 Å². The number of ether oxygens (including phenoxy) is 2. The smallest absolute Gasteiger partial charge is 0.161 e. The highest BCUT2D eigenvalue weighted by atomic mass is 16.7. The molecule has 0 amide bonds. The zero-order chi connectivity index (χ0) is 32.6. The van der Waals surface area contributed by atoms with Crippen molar-refractivity contribution in [3.8, 4) is 0 Å². The zero-order valence-electron chi connectivity index (χ0n) is 31.3. The molecule has 1 saturated heterocycles. The topological polar surface area (TPSA) is 38.7 Å². The van der Waals surface area contributed by atoms with Crippen molar-refractivity contribution in [3.63, 3.8) is 0 Å². The summed E-state index contributed by atoms with van der Waals surface area (Å²) >= 11 is 0. The molecule has 0 bridgehead atoms. The Morgan fingerprint density at radius 1 is 0.886 bits per heavy atom. The first kappa shape index (κ1) is 34.9. The van der Waals surface area contributed by atoms with Gasteiger partial charge in [0.15, 0.2) is 6.29 Å². The maximum absolute atomic E-state index is 12.0. The average molecular weight is 613 g/mol. The van der Waals surface area contributed by atoms with Crippen LogP contribution in [-0.2, 0) is 9.47 Å². The molecule has 0 radical (unpaired) electrons. The molecule has 44 heavy (non-hydrogen) atoms. The fourth-order valence-corrected chi connectivity index (χ4v) is 13.2. The number of aliphatic hydroxyl groups is 1. The molecule has 5 aliphatic rings. The third-order valence-electron chi connectivity index (χ3n) is 16.3. The van der Waals surface area contributed by atoms with Gasteiger partial charge in [0.2, 0.25) is 0 Å². The first-order valence-electron chi connectivity index (χ1n) is 19.0. The van der Waals surface area contributed by atoms with Crippen LogP contribution < -0.4 is 0 Å². The molecule has 4 aliphatic carbocycles. The van der Waals surface area contributed by atoms with Gasteiger partial charge in [-0.05, 0) is 148 Å². The molecular weight excluding hydrogens is 540 g/mol. The molecule has 0 aromatic rings. The van der Waals surface area contributed by atoms with Crippen LogP contribution in [0.3, 0.4) is 0 Å². The standard InChI is InChI=1S/C41H72O3/c1-14-31-28(6)27(5)29(7)36(43-31)44-34-19-21-38(10)32(37(34,8)9)18-23-39(11)33(38)24-26(4)35-30(17-22-40(35,39)12)41(13,42)20-15-16-25(2)3/h16,26-36,42H,14-15,17-24H2,1-13H3/t26-,27+,28+,29?,30?,31?,32?,33?,34?,35?,36+,38+,39-,40-,41+/m1/s1. The first-order valence-corrected chi connectivity index (χ1v) is 19.0. The predicted molar refractivity (Wildman–Crippen MR) is 184 cm³/mol. The Morgan fingerprint density at radius 3 is 2.18 bits per heavy atom. The van der Waals surface area contributed by atoms with Crippen molar-refractivity contribution < 1.29 is 14.6 Å². The highest BCUT2D eigenvalue weighted by molar-refractivity contribution is 5.19. The van der Waals surface area contributed by atoms with Gasteiger partial charge < -0.3 is 14.6 Å². The van der Waals surface area contributed by atoms with Gasteiger partial charge in [-0.25, -0.2) is 0 Å². The van der Waals surface area contributed by atoms with Crippen molar-refractivity contribution in [2.75, 3.05) is 0 Å². The van der Waals surface area contributed by atoms with Gasteiger partial charge >= 0.3 is 0 Å². The summed E-state index contributed by atoms with van der Waals surface area (Å²) in [4.78, 5) is 0. The van der Waals surface area contributed by atoms with E-state index in [1.54, 1.807) is 0 Å². The van der Waals surface area contributed by atoms with Gasteiger partial charge in [-0.3, -0.25) is 0 Å². The second-order valence-corrected chi connectivity index (χ2v) is 19.1. The van der Waals surface area contributed by atoms with E-state index in [-0.39, 0.29) is 17.8 Å². The molecule has 15 atom stereocenters. The van der Waals surface area contributed by atoms with Crippen LogP contribution in [0.5, 0.6) is 0 Å². The summed E-state index contributed by atoms with van der Waals surface area (Å²) in [6, 6.07) is 0. The van der Waals surface area contributed by atoms with Gasteiger partial charge in [-0.2, -0.15) is 0 Å². The van der Waals surface area contributed by atoms with Crippen molar-refractivity contribution in [2.24, 2.45) is 69.0 Å². The van der Waals surface area contributed by atoms with E-state index in [4.69, 9.17) is 9.47 Å². The second kappa shape index (κ2) is 11.9. The van der Waals surface area contributed by atoms with Gasteiger partial charge in [0, 0.05) is 5.92 Å². The molecule has 1 aliphatic heterocycles. The predicted octanol–water partition coefficient (Wildman–Crippen LogP) is 10.8. The Labute approximate surface area is 273 Å². The van der Waals surface area contributed by atoms with Crippen LogP contribution in [-0.4, -0.2) is 29.2 Å². The Balaban J connectivity index is 1.37.